The van der Waals surface area contributed by atoms with E-state index in [1.807, 2.05) is 33.3 Å². The van der Waals surface area contributed by atoms with Crippen LogP contribution in [0.15, 0.2) is 109 Å². The molecule has 0 aromatic rings. The zero-order chi connectivity index (χ0) is 42.8. The molecule has 0 rings (SSSR count). The maximum atomic E-state index is 12.7. The van der Waals surface area contributed by atoms with E-state index in [9.17, 15) is 19.0 Å². The predicted octanol–water partition coefficient (Wildman–Crippen LogP) is 12.3. The summed E-state index contributed by atoms with van der Waals surface area (Å²) in [5, 5.41) is 0. The highest BCUT2D eigenvalue weighted by Crippen LogP contribution is 2.43. The van der Waals surface area contributed by atoms with Gasteiger partial charge in [0.25, 0.3) is 0 Å². The summed E-state index contributed by atoms with van der Waals surface area (Å²) in [6.45, 7) is 4.10. The molecule has 0 fully saturated rings. The number of allylic oxidation sites excluding steroid dienone is 18. The third-order valence-corrected chi connectivity index (χ3v) is 9.28. The highest BCUT2D eigenvalue weighted by Gasteiger charge is 2.27. The maximum absolute atomic E-state index is 12.7. The van der Waals surface area contributed by atoms with Crippen molar-refractivity contribution in [1.29, 1.82) is 0 Å². The Hall–Kier alpha value is -3.33. The molecule has 10 heteroatoms. The Morgan fingerprint density at radius 3 is 1.47 bits per heavy atom. The van der Waals surface area contributed by atoms with Crippen molar-refractivity contribution in [3.63, 3.8) is 0 Å². The minimum Gasteiger partial charge on any atom is -0.462 e. The summed E-state index contributed by atoms with van der Waals surface area (Å²) < 4.78 is 34.1. The summed E-state index contributed by atoms with van der Waals surface area (Å²) >= 11 is 0. The molecule has 9 nitrogen and oxygen atoms in total. The van der Waals surface area contributed by atoms with Gasteiger partial charge in [-0.25, -0.2) is 4.57 Å². The lowest BCUT2D eigenvalue weighted by Crippen LogP contribution is -2.37. The van der Waals surface area contributed by atoms with Crippen LogP contribution in [0, 0.1) is 0 Å². The minimum absolute atomic E-state index is 0.00588. The Labute approximate surface area is 353 Å². The van der Waals surface area contributed by atoms with E-state index in [1.54, 1.807) is 0 Å². The second-order valence-corrected chi connectivity index (χ2v) is 16.4. The Balaban J connectivity index is 4.58. The quantitative estimate of drug-likeness (QED) is 0.0217. The van der Waals surface area contributed by atoms with E-state index in [0.717, 1.165) is 64.2 Å². The zero-order valence-electron chi connectivity index (χ0n) is 36.7. The Morgan fingerprint density at radius 1 is 0.552 bits per heavy atom. The fraction of sp³-hybridized carbons (Fsp3) is 0.583. The van der Waals surface area contributed by atoms with Gasteiger partial charge in [-0.15, -0.1) is 0 Å². The van der Waals surface area contributed by atoms with E-state index in [4.69, 9.17) is 18.5 Å². The molecule has 1 unspecified atom stereocenters. The minimum atomic E-state index is -4.41. The number of hydrogen-bond acceptors (Lipinski definition) is 7. The van der Waals surface area contributed by atoms with Crippen LogP contribution >= 0.6 is 7.82 Å². The molecule has 0 heterocycles. The van der Waals surface area contributed by atoms with Crippen molar-refractivity contribution in [2.45, 2.75) is 136 Å². The van der Waals surface area contributed by atoms with Gasteiger partial charge in [0, 0.05) is 12.8 Å². The molecule has 0 aliphatic heterocycles. The molecule has 58 heavy (non-hydrogen) atoms. The number of esters is 2. The van der Waals surface area contributed by atoms with Crippen LogP contribution in [0.3, 0.4) is 0 Å². The van der Waals surface area contributed by atoms with Crippen molar-refractivity contribution in [2.24, 2.45) is 0 Å². The molecule has 0 aromatic heterocycles. The average Bonchev–Trinajstić information content (AvgIpc) is 3.17. The van der Waals surface area contributed by atoms with Crippen molar-refractivity contribution in [1.82, 2.24) is 0 Å². The third-order valence-electron chi connectivity index (χ3n) is 8.30. The normalized spacial score (nSPS) is 14.7. The monoisotopic (exact) mass is 829 g/mol. The van der Waals surface area contributed by atoms with Crippen LogP contribution in [0.2, 0.25) is 0 Å². The van der Waals surface area contributed by atoms with Crippen molar-refractivity contribution < 1.29 is 42.1 Å². The highest BCUT2D eigenvalue weighted by molar-refractivity contribution is 7.47. The van der Waals surface area contributed by atoms with E-state index < -0.39 is 32.5 Å². The first-order valence-electron chi connectivity index (χ1n) is 21.6. The molecule has 0 aliphatic rings. The van der Waals surface area contributed by atoms with Crippen molar-refractivity contribution in [3.05, 3.63) is 109 Å². The number of carbonyl (C=O) groups is 2. The summed E-state index contributed by atoms with van der Waals surface area (Å²) in [6, 6.07) is 0. The lowest BCUT2D eigenvalue weighted by molar-refractivity contribution is -0.870. The molecule has 0 aromatic carbocycles. The predicted molar refractivity (Wildman–Crippen MR) is 242 cm³/mol. The summed E-state index contributed by atoms with van der Waals surface area (Å²) in [7, 11) is 1.39. The number of phosphoric acid groups is 1. The molecule has 328 valence electrons. The SMILES string of the molecule is CC/C=C\C/C=C\C/C=C\C/C=C\CCCCC(=O)O[C@H](COC(=O)CC/C=C\C/C=C\C/C=C\C/C=C\C/C=C\CCCCC)COP(=O)(O)OCC[N+](C)(C)C. The Kier molecular flexibility index (Phi) is 36.9. The third kappa shape index (κ3) is 42.3. The zero-order valence-corrected chi connectivity index (χ0v) is 37.6. The van der Waals surface area contributed by atoms with Gasteiger partial charge in [-0.1, -0.05) is 136 Å². The van der Waals surface area contributed by atoms with Crippen LogP contribution in [-0.4, -0.2) is 74.9 Å². The molecule has 0 aliphatic carbocycles. The van der Waals surface area contributed by atoms with E-state index in [1.165, 1.54) is 25.7 Å². The molecule has 0 amide bonds. The van der Waals surface area contributed by atoms with Crippen LogP contribution in [0.25, 0.3) is 0 Å². The number of ether oxygens (including phenoxy) is 2. The standard InChI is InChI=1S/C48H78NO8P/c1-6-8-10-12-14-16-18-20-22-23-24-25-27-28-30-32-34-36-38-40-47(50)54-44-46(45-56-58(52,53)55-43-42-49(3,4)5)57-48(51)41-39-37-35-33-31-29-26-21-19-17-15-13-11-9-7-2/h9,11,14-17,20-22,24-26,28,30-31,33-34,36,46H,6-8,10,12-13,18-19,23,27,29,32,35,37-45H2,1-5H3/p+1/b11-9-,16-14-,17-15-,22-20-,25-24-,26-21-,30-28-,33-31-,36-34-/t46-/m1/s1. The molecular weight excluding hydrogens is 750 g/mol. The second-order valence-electron chi connectivity index (χ2n) is 15.0. The Morgan fingerprint density at radius 2 is 1.00 bits per heavy atom. The van der Waals surface area contributed by atoms with Gasteiger partial charge < -0.3 is 18.9 Å². The van der Waals surface area contributed by atoms with Gasteiger partial charge in [-0.2, -0.15) is 0 Å². The number of carbonyl (C=O) groups excluding carboxylic acids is 2. The van der Waals surface area contributed by atoms with E-state index in [-0.39, 0.29) is 26.1 Å². The second kappa shape index (κ2) is 39.1. The molecule has 0 bridgehead atoms. The molecule has 0 radical (unpaired) electrons. The number of unbranched alkanes of at least 4 members (excludes halogenated alkanes) is 5. The molecule has 2 atom stereocenters. The van der Waals surface area contributed by atoms with E-state index in [2.05, 4.69) is 111 Å². The number of nitrogens with zero attached hydrogens (tertiary/aromatic N) is 1. The summed E-state index contributed by atoms with van der Waals surface area (Å²) in [5.41, 5.74) is 0. The lowest BCUT2D eigenvalue weighted by atomic mass is 10.2. The summed E-state index contributed by atoms with van der Waals surface area (Å²) in [6.07, 6.45) is 53.0. The number of hydrogen-bond donors (Lipinski definition) is 1. The first kappa shape index (κ1) is 54.7. The first-order chi connectivity index (χ1) is 28.0. The molecule has 1 N–H and O–H groups in total. The topological polar surface area (TPSA) is 108 Å². The molecule has 0 saturated heterocycles. The summed E-state index contributed by atoms with van der Waals surface area (Å²) in [5.74, 6) is -0.957. The van der Waals surface area contributed by atoms with Gasteiger partial charge in [0.2, 0.25) is 0 Å². The average molecular weight is 829 g/mol. The lowest BCUT2D eigenvalue weighted by Gasteiger charge is -2.24. The molecule has 0 spiro atoms. The van der Waals surface area contributed by atoms with Gasteiger partial charge in [0.1, 0.15) is 19.8 Å². The van der Waals surface area contributed by atoms with Gasteiger partial charge in [-0.05, 0) is 89.9 Å². The van der Waals surface area contributed by atoms with E-state index in [0.29, 0.717) is 23.9 Å². The van der Waals surface area contributed by atoms with E-state index >= 15 is 0 Å². The Bertz CT molecular complexity index is 1350. The summed E-state index contributed by atoms with van der Waals surface area (Å²) in [4.78, 5) is 35.3. The fourth-order valence-electron chi connectivity index (χ4n) is 4.93. The fourth-order valence-corrected chi connectivity index (χ4v) is 5.67. The number of rotatable bonds is 37. The van der Waals surface area contributed by atoms with Crippen molar-refractivity contribution in [2.75, 3.05) is 47.5 Å². The number of likely N-dealkylation sites (N-methyl/N-ethyl adjacent to an activating group) is 1. The van der Waals surface area contributed by atoms with Crippen LogP contribution in [-0.2, 0) is 32.7 Å². The van der Waals surface area contributed by atoms with Gasteiger partial charge >= 0.3 is 19.8 Å². The van der Waals surface area contributed by atoms with Crippen molar-refractivity contribution >= 4 is 19.8 Å². The van der Waals surface area contributed by atoms with Crippen LogP contribution in [0.4, 0.5) is 0 Å². The van der Waals surface area contributed by atoms with Gasteiger partial charge in [0.15, 0.2) is 6.10 Å². The van der Waals surface area contributed by atoms with Gasteiger partial charge in [-0.3, -0.25) is 18.6 Å². The maximum Gasteiger partial charge on any atom is 0.472 e. The largest absolute Gasteiger partial charge is 0.472 e. The first-order valence-corrected chi connectivity index (χ1v) is 23.1. The highest BCUT2D eigenvalue weighted by atomic mass is 31.2. The van der Waals surface area contributed by atoms with Crippen molar-refractivity contribution in [3.8, 4) is 0 Å². The van der Waals surface area contributed by atoms with Crippen LogP contribution in [0.5, 0.6) is 0 Å². The smallest absolute Gasteiger partial charge is 0.462 e. The van der Waals surface area contributed by atoms with Crippen LogP contribution < -0.4 is 0 Å². The number of quaternary nitrogens is 1. The van der Waals surface area contributed by atoms with Gasteiger partial charge in [0.05, 0.1) is 27.7 Å². The molecular formula is C48H79NO8P+. The number of phosphoric ester groups is 1. The van der Waals surface area contributed by atoms with Crippen LogP contribution in [0.1, 0.15) is 129 Å². The molecule has 0 saturated carbocycles.